The maximum absolute atomic E-state index is 11.0. The molecule has 5 nitrogen and oxygen atoms in total. The Morgan fingerprint density at radius 1 is 0.333 bits per heavy atom. The van der Waals surface area contributed by atoms with Crippen LogP contribution in [0.2, 0.25) is 0 Å². The highest BCUT2D eigenvalue weighted by Crippen LogP contribution is 2.45. The summed E-state index contributed by atoms with van der Waals surface area (Å²) in [4.78, 5) is 9.49. The molecule has 0 radical (unpaired) electrons. The third-order valence-corrected chi connectivity index (χ3v) is 10.5. The van der Waals surface area contributed by atoms with Crippen molar-refractivity contribution in [1.82, 2.24) is 23.7 Å². The highest BCUT2D eigenvalue weighted by atomic mass is 15.1. The largest absolute Gasteiger partial charge is 0.307 e. The van der Waals surface area contributed by atoms with Crippen molar-refractivity contribution in [3.05, 3.63) is 224 Å². The van der Waals surface area contributed by atoms with Crippen LogP contribution in [0.1, 0.15) is 42.5 Å². The fraction of sp³-hybridized carbons (Fsp3) is 0. The SMILES string of the molecule is [2H]c1c([2H])c([2H])c(-c2cc(-c3c([2H])c(-n4c5c([2H])c([2H])c([2H])c([2H])c5c5c([2H])c([2H])c([2H])c([2H])c54)c(-n4c5c([2H])c([2H])c([2H])c([2H])c5c5c([2H])c([2H])c([2H])c([2H])c54)c(-n4c5c([2H])c([2H])c([2H])c([2H])c5c5c([2H])c([2H])c([2H])c([2H])c54)c3[2H])nc(-c3ccccc3)n2)c([2H])c1[2H]. The fourth-order valence-corrected chi connectivity index (χ4v) is 7.89. The number of hydrogen-bond acceptors (Lipinski definition) is 2. The molecule has 5 heteroatoms. The zero-order chi connectivity index (χ0) is 68.4. The van der Waals surface area contributed by atoms with Crippen LogP contribution in [0.5, 0.6) is 0 Å². The van der Waals surface area contributed by atoms with Crippen molar-refractivity contribution in [3.63, 3.8) is 0 Å². The Balaban J connectivity index is 1.47. The second-order valence-corrected chi connectivity index (χ2v) is 13.8. The van der Waals surface area contributed by atoms with Crippen molar-refractivity contribution in [3.8, 4) is 51.0 Å². The van der Waals surface area contributed by atoms with Crippen LogP contribution in [-0.2, 0) is 0 Å². The van der Waals surface area contributed by atoms with Crippen LogP contribution < -0.4 is 0 Å². The topological polar surface area (TPSA) is 40.6 Å². The summed E-state index contributed by atoms with van der Waals surface area (Å²) in [6.45, 7) is 0. The van der Waals surface area contributed by atoms with Crippen LogP contribution in [-0.4, -0.2) is 23.7 Å². The van der Waals surface area contributed by atoms with Gasteiger partial charge < -0.3 is 13.7 Å². The van der Waals surface area contributed by atoms with E-state index in [1.54, 1.807) is 18.2 Å². The number of hydrogen-bond donors (Lipinski definition) is 0. The molecule has 0 aliphatic rings. The first-order chi connectivity index (χ1) is 44.2. The Kier molecular flexibility index (Phi) is 3.65. The molecule has 0 bridgehead atoms. The van der Waals surface area contributed by atoms with E-state index in [4.69, 9.17) is 20.1 Å². The molecule has 0 aliphatic heterocycles. The number of fused-ring (bicyclic) bond motifs is 9. The van der Waals surface area contributed by atoms with Gasteiger partial charge in [-0.25, -0.2) is 9.97 Å². The molecule has 4 aromatic heterocycles. The van der Waals surface area contributed by atoms with Gasteiger partial charge >= 0.3 is 0 Å². The molecule has 294 valence electrons. The molecule has 0 saturated carbocycles. The first-order valence-electron chi connectivity index (χ1n) is 34.4. The fourth-order valence-electron chi connectivity index (χ4n) is 7.89. The second kappa shape index (κ2) is 14.0. The number of nitrogens with zero attached hydrogens (tertiary/aromatic N) is 5. The van der Waals surface area contributed by atoms with Gasteiger partial charge in [-0.1, -0.05) is 169 Å². The molecule has 0 aliphatic carbocycles. The third kappa shape index (κ3) is 5.43. The monoisotopic (exact) mass is 834 g/mol. The lowest BCUT2D eigenvalue weighted by Crippen LogP contribution is -2.10. The summed E-state index contributed by atoms with van der Waals surface area (Å²) >= 11 is 0. The van der Waals surface area contributed by atoms with E-state index < -0.39 is 292 Å². The Morgan fingerprint density at radius 2 is 0.683 bits per heavy atom. The average molecular weight is 835 g/mol. The van der Waals surface area contributed by atoms with Gasteiger partial charge in [-0.15, -0.1) is 0 Å². The summed E-state index contributed by atoms with van der Waals surface area (Å²) in [5.74, 6) is -0.361. The number of para-hydroxylation sites is 6. The van der Waals surface area contributed by atoms with Gasteiger partial charge in [0.2, 0.25) is 0 Å². The minimum atomic E-state index is -1.16. The highest BCUT2D eigenvalue weighted by molar-refractivity contribution is 6.14. The molecule has 0 amide bonds. The van der Waals surface area contributed by atoms with Gasteiger partial charge in [0.15, 0.2) is 5.82 Å². The zero-order valence-corrected chi connectivity index (χ0v) is 31.7. The summed E-state index contributed by atoms with van der Waals surface area (Å²) in [5, 5.41) is -4.04. The normalized spacial score (nSPS) is 18.7. The van der Waals surface area contributed by atoms with Gasteiger partial charge in [-0.2, -0.15) is 0 Å². The number of benzene rings is 9. The van der Waals surface area contributed by atoms with Crippen molar-refractivity contribution >= 4 is 65.4 Å². The van der Waals surface area contributed by atoms with Gasteiger partial charge in [0.05, 0.1) is 104 Å². The lowest BCUT2D eigenvalue weighted by Gasteiger charge is -2.23. The standard InChI is InChI=1S/C58H37N5/c1-3-19-38(20-4-1)47-37-48(60-58(59-47)39-21-5-2-6-22-39)40-35-55(61-49-29-13-7-23-41(49)42-24-8-14-30-50(42)61)57(63-53-33-17-11-27-45(53)46-28-12-18-34-54(46)63)56(36-40)62-51-31-15-9-25-43(51)44-26-10-16-32-52(44)62/h1-37H/i1D,3D,4D,7D,8D,9D,10D,11D,12D,13D,14D,15D,16D,17D,18D,19D,20D,23D,24D,25D,26D,27D,28D,29D,30D,31D,32D,33D,34D,35D,36D. The molecule has 63 heavy (non-hydrogen) atoms. The van der Waals surface area contributed by atoms with E-state index in [9.17, 15) is 27.4 Å². The minimum absolute atomic E-state index is 0.130. The molecular formula is C58H37N5. The third-order valence-electron chi connectivity index (χ3n) is 10.5. The quantitative estimate of drug-likeness (QED) is 0.167. The van der Waals surface area contributed by atoms with E-state index in [1.807, 2.05) is 0 Å². The van der Waals surface area contributed by atoms with E-state index in [2.05, 4.69) is 4.98 Å². The van der Waals surface area contributed by atoms with Crippen LogP contribution in [0, 0.1) is 0 Å². The van der Waals surface area contributed by atoms with Gasteiger partial charge in [0.1, 0.15) is 0 Å². The zero-order valence-electron chi connectivity index (χ0n) is 62.7. The van der Waals surface area contributed by atoms with Crippen LogP contribution in [0.4, 0.5) is 0 Å². The van der Waals surface area contributed by atoms with E-state index in [-0.39, 0.29) is 11.4 Å². The predicted molar refractivity (Wildman–Crippen MR) is 261 cm³/mol. The smallest absolute Gasteiger partial charge is 0.160 e. The molecule has 0 saturated heterocycles. The van der Waals surface area contributed by atoms with Crippen molar-refractivity contribution in [1.29, 1.82) is 0 Å². The van der Waals surface area contributed by atoms with Crippen molar-refractivity contribution in [2.75, 3.05) is 0 Å². The molecule has 9 aromatic carbocycles. The van der Waals surface area contributed by atoms with Crippen LogP contribution >= 0.6 is 0 Å². The van der Waals surface area contributed by atoms with Crippen molar-refractivity contribution in [2.24, 2.45) is 0 Å². The lowest BCUT2D eigenvalue weighted by molar-refractivity contribution is 1.05. The summed E-state index contributed by atoms with van der Waals surface area (Å²) in [5.41, 5.74) is -10.4. The highest BCUT2D eigenvalue weighted by Gasteiger charge is 2.26. The molecular weight excluding hydrogens is 767 g/mol. The van der Waals surface area contributed by atoms with Crippen molar-refractivity contribution in [2.45, 2.75) is 0 Å². The van der Waals surface area contributed by atoms with E-state index in [0.29, 0.717) is 13.7 Å². The summed E-state index contributed by atoms with van der Waals surface area (Å²) in [6.07, 6.45) is 0. The Labute approximate surface area is 406 Å². The first kappa shape index (κ1) is 16.4. The minimum Gasteiger partial charge on any atom is -0.307 e. The van der Waals surface area contributed by atoms with Crippen molar-refractivity contribution < 1.29 is 42.5 Å². The first-order valence-corrected chi connectivity index (χ1v) is 18.9. The average Bonchev–Trinajstić information content (AvgIpc) is 1.49. The van der Waals surface area contributed by atoms with Gasteiger partial charge in [0, 0.05) is 49.0 Å². The summed E-state index contributed by atoms with van der Waals surface area (Å²) in [6, 6.07) is -22.0. The Morgan fingerprint density at radius 3 is 1.10 bits per heavy atom. The molecule has 0 atom stereocenters. The molecule has 13 rings (SSSR count). The molecule has 0 spiro atoms. The molecule has 4 heterocycles. The van der Waals surface area contributed by atoms with Crippen LogP contribution in [0.15, 0.2) is 224 Å². The van der Waals surface area contributed by atoms with E-state index in [0.717, 1.165) is 6.07 Å². The van der Waals surface area contributed by atoms with E-state index >= 15 is 0 Å². The van der Waals surface area contributed by atoms with Crippen LogP contribution in [0.3, 0.4) is 0 Å². The molecule has 13 aromatic rings. The number of aromatic nitrogens is 5. The Bertz CT molecular complexity index is 5310. The lowest BCUT2D eigenvalue weighted by atomic mass is 10.0. The summed E-state index contributed by atoms with van der Waals surface area (Å²) in [7, 11) is 0. The predicted octanol–water partition coefficient (Wildman–Crippen LogP) is 14.8. The molecule has 0 N–H and O–H groups in total. The molecule has 0 unspecified atom stereocenters. The summed E-state index contributed by atoms with van der Waals surface area (Å²) < 4.78 is 293. The maximum Gasteiger partial charge on any atom is 0.160 e. The second-order valence-electron chi connectivity index (χ2n) is 13.8. The van der Waals surface area contributed by atoms with E-state index in [1.165, 1.54) is 12.1 Å². The van der Waals surface area contributed by atoms with Gasteiger partial charge in [0.25, 0.3) is 0 Å². The maximum atomic E-state index is 11.0. The van der Waals surface area contributed by atoms with Gasteiger partial charge in [-0.3, -0.25) is 0 Å². The Hall–Kier alpha value is -8.54. The van der Waals surface area contributed by atoms with Crippen LogP contribution in [0.25, 0.3) is 116 Å². The number of rotatable bonds is 6. The molecule has 0 fully saturated rings. The van der Waals surface area contributed by atoms with Gasteiger partial charge in [-0.05, 0) is 54.4 Å².